The van der Waals surface area contributed by atoms with Crippen LogP contribution >= 0.6 is 11.6 Å². The van der Waals surface area contributed by atoms with Crippen LogP contribution in [-0.2, 0) is 0 Å². The Balaban J connectivity index is 2.09. The van der Waals surface area contributed by atoms with Crippen LogP contribution in [-0.4, -0.2) is 19.6 Å². The van der Waals surface area contributed by atoms with Crippen molar-refractivity contribution in [3.8, 4) is 11.4 Å². The SMILES string of the molecule is Nc1nc2ccc(Cl)cc2n2nc(-c3ccccc3F)nc12. The zero-order valence-electron chi connectivity index (χ0n) is 11.2. The molecular weight excluding hydrogens is 305 g/mol. The third kappa shape index (κ3) is 1.88. The molecule has 0 radical (unpaired) electrons. The Morgan fingerprint density at radius 1 is 1.09 bits per heavy atom. The van der Waals surface area contributed by atoms with E-state index in [1.54, 1.807) is 36.4 Å². The van der Waals surface area contributed by atoms with E-state index in [0.29, 0.717) is 27.3 Å². The van der Waals surface area contributed by atoms with Gasteiger partial charge in [-0.2, -0.15) is 0 Å². The van der Waals surface area contributed by atoms with Crippen molar-refractivity contribution in [1.82, 2.24) is 19.6 Å². The molecule has 0 spiro atoms. The largest absolute Gasteiger partial charge is 0.381 e. The normalized spacial score (nSPS) is 11.4. The van der Waals surface area contributed by atoms with E-state index in [0.717, 1.165) is 0 Å². The molecule has 2 aromatic heterocycles. The van der Waals surface area contributed by atoms with E-state index in [1.165, 1.54) is 10.6 Å². The fourth-order valence-corrected chi connectivity index (χ4v) is 2.51. The quantitative estimate of drug-likeness (QED) is 0.585. The highest BCUT2D eigenvalue weighted by Crippen LogP contribution is 2.25. The minimum Gasteiger partial charge on any atom is -0.381 e. The predicted octanol–water partition coefficient (Wildman–Crippen LogP) is 3.32. The lowest BCUT2D eigenvalue weighted by atomic mass is 10.2. The van der Waals surface area contributed by atoms with Crippen LogP contribution in [0.3, 0.4) is 0 Å². The predicted molar refractivity (Wildman–Crippen MR) is 83.1 cm³/mol. The Morgan fingerprint density at radius 3 is 2.73 bits per heavy atom. The summed E-state index contributed by atoms with van der Waals surface area (Å²) in [5.41, 5.74) is 7.90. The summed E-state index contributed by atoms with van der Waals surface area (Å²) in [4.78, 5) is 8.58. The molecule has 0 unspecified atom stereocenters. The van der Waals surface area contributed by atoms with Crippen molar-refractivity contribution in [3.63, 3.8) is 0 Å². The van der Waals surface area contributed by atoms with E-state index < -0.39 is 5.82 Å². The lowest BCUT2D eigenvalue weighted by Gasteiger charge is -2.02. The van der Waals surface area contributed by atoms with Crippen LogP contribution in [0.4, 0.5) is 10.2 Å². The first kappa shape index (κ1) is 13.0. The van der Waals surface area contributed by atoms with Gasteiger partial charge >= 0.3 is 0 Å². The number of halogens is 2. The fraction of sp³-hybridized carbons (Fsp3) is 0. The Morgan fingerprint density at radius 2 is 1.91 bits per heavy atom. The number of nitrogens with zero attached hydrogens (tertiary/aromatic N) is 4. The Bertz CT molecular complexity index is 1030. The third-order valence-electron chi connectivity index (χ3n) is 3.36. The molecule has 2 N–H and O–H groups in total. The number of hydrogen-bond acceptors (Lipinski definition) is 4. The molecule has 0 saturated carbocycles. The zero-order chi connectivity index (χ0) is 15.3. The molecule has 22 heavy (non-hydrogen) atoms. The molecule has 0 aliphatic rings. The van der Waals surface area contributed by atoms with Crippen LogP contribution in [0.25, 0.3) is 28.1 Å². The summed E-state index contributed by atoms with van der Waals surface area (Å²) >= 11 is 6.03. The van der Waals surface area contributed by atoms with Crippen molar-refractivity contribution in [2.45, 2.75) is 0 Å². The first-order chi connectivity index (χ1) is 10.6. The van der Waals surface area contributed by atoms with Crippen LogP contribution in [0.2, 0.25) is 5.02 Å². The van der Waals surface area contributed by atoms with Gasteiger partial charge in [0.15, 0.2) is 17.3 Å². The molecule has 5 nitrogen and oxygen atoms in total. The van der Waals surface area contributed by atoms with Crippen LogP contribution in [0, 0.1) is 5.82 Å². The summed E-state index contributed by atoms with van der Waals surface area (Å²) in [6, 6.07) is 11.5. The first-order valence-electron chi connectivity index (χ1n) is 6.50. The van der Waals surface area contributed by atoms with Gasteiger partial charge < -0.3 is 5.73 Å². The molecular formula is C15H9ClFN5. The molecule has 0 aliphatic carbocycles. The van der Waals surface area contributed by atoms with Crippen molar-refractivity contribution in [2.24, 2.45) is 0 Å². The number of nitrogen functional groups attached to an aromatic ring is 1. The highest BCUT2D eigenvalue weighted by atomic mass is 35.5. The second-order valence-electron chi connectivity index (χ2n) is 4.78. The molecule has 0 saturated heterocycles. The number of hydrogen-bond donors (Lipinski definition) is 1. The summed E-state index contributed by atoms with van der Waals surface area (Å²) in [5.74, 6) is 0.0799. The number of benzene rings is 2. The molecule has 0 atom stereocenters. The summed E-state index contributed by atoms with van der Waals surface area (Å²) < 4.78 is 15.5. The van der Waals surface area contributed by atoms with Crippen molar-refractivity contribution >= 4 is 34.1 Å². The van der Waals surface area contributed by atoms with E-state index in [9.17, 15) is 4.39 Å². The van der Waals surface area contributed by atoms with Crippen LogP contribution in [0.1, 0.15) is 0 Å². The van der Waals surface area contributed by atoms with Crippen molar-refractivity contribution in [2.75, 3.05) is 5.73 Å². The highest BCUT2D eigenvalue weighted by molar-refractivity contribution is 6.31. The minimum atomic E-state index is -0.396. The van der Waals surface area contributed by atoms with Gasteiger partial charge in [-0.3, -0.25) is 0 Å². The smallest absolute Gasteiger partial charge is 0.199 e. The van der Waals surface area contributed by atoms with Crippen LogP contribution in [0.5, 0.6) is 0 Å². The Labute approximate surface area is 129 Å². The van der Waals surface area contributed by atoms with Gasteiger partial charge in [0, 0.05) is 5.02 Å². The molecule has 0 bridgehead atoms. The molecule has 0 aliphatic heterocycles. The van der Waals surface area contributed by atoms with Gasteiger partial charge in [-0.25, -0.2) is 18.9 Å². The molecule has 2 aromatic carbocycles. The number of nitrogens with two attached hydrogens (primary N) is 1. The average Bonchev–Trinajstić information content (AvgIpc) is 2.94. The lowest BCUT2D eigenvalue weighted by Crippen LogP contribution is -1.99. The molecule has 4 rings (SSSR count). The number of aromatic nitrogens is 4. The van der Waals surface area contributed by atoms with Crippen molar-refractivity contribution in [3.05, 3.63) is 53.3 Å². The van der Waals surface area contributed by atoms with Gasteiger partial charge in [0.25, 0.3) is 0 Å². The Hall–Kier alpha value is -2.73. The van der Waals surface area contributed by atoms with Crippen molar-refractivity contribution in [1.29, 1.82) is 0 Å². The minimum absolute atomic E-state index is 0.227. The van der Waals surface area contributed by atoms with E-state index in [-0.39, 0.29) is 11.6 Å². The van der Waals surface area contributed by atoms with Gasteiger partial charge in [0.05, 0.1) is 16.6 Å². The van der Waals surface area contributed by atoms with Crippen molar-refractivity contribution < 1.29 is 4.39 Å². The van der Waals surface area contributed by atoms with Gasteiger partial charge in [0.2, 0.25) is 0 Å². The fourth-order valence-electron chi connectivity index (χ4n) is 2.34. The maximum absolute atomic E-state index is 13.9. The Kier molecular flexibility index (Phi) is 2.74. The average molecular weight is 314 g/mol. The molecule has 0 amide bonds. The van der Waals surface area contributed by atoms with Crippen LogP contribution < -0.4 is 5.73 Å². The van der Waals surface area contributed by atoms with E-state index >= 15 is 0 Å². The number of rotatable bonds is 1. The maximum atomic E-state index is 13.9. The van der Waals surface area contributed by atoms with Crippen LogP contribution in [0.15, 0.2) is 42.5 Å². The van der Waals surface area contributed by atoms with E-state index in [1.807, 2.05) is 0 Å². The van der Waals surface area contributed by atoms with E-state index in [2.05, 4.69) is 15.1 Å². The highest BCUT2D eigenvalue weighted by Gasteiger charge is 2.15. The number of anilines is 1. The van der Waals surface area contributed by atoms with E-state index in [4.69, 9.17) is 17.3 Å². The molecule has 7 heteroatoms. The van der Waals surface area contributed by atoms with Gasteiger partial charge in [0.1, 0.15) is 5.82 Å². The first-order valence-corrected chi connectivity index (χ1v) is 6.88. The zero-order valence-corrected chi connectivity index (χ0v) is 11.9. The second-order valence-corrected chi connectivity index (χ2v) is 5.22. The molecule has 0 fully saturated rings. The summed E-state index contributed by atoms with van der Waals surface area (Å²) in [6.45, 7) is 0. The molecule has 4 aromatic rings. The summed E-state index contributed by atoms with van der Waals surface area (Å²) in [5, 5.41) is 4.91. The van der Waals surface area contributed by atoms with Gasteiger partial charge in [-0.1, -0.05) is 23.7 Å². The molecule has 108 valence electrons. The molecule has 2 heterocycles. The third-order valence-corrected chi connectivity index (χ3v) is 3.59. The summed E-state index contributed by atoms with van der Waals surface area (Å²) in [7, 11) is 0. The van der Waals surface area contributed by atoms with Gasteiger partial charge in [-0.15, -0.1) is 5.10 Å². The summed E-state index contributed by atoms with van der Waals surface area (Å²) in [6.07, 6.45) is 0. The lowest BCUT2D eigenvalue weighted by molar-refractivity contribution is 0.630. The topological polar surface area (TPSA) is 69.1 Å². The van der Waals surface area contributed by atoms with Gasteiger partial charge in [-0.05, 0) is 30.3 Å². The number of fused-ring (bicyclic) bond motifs is 3. The maximum Gasteiger partial charge on any atom is 0.199 e. The second kappa shape index (κ2) is 4.64. The standard InChI is InChI=1S/C15H9ClFN5/c16-8-5-6-11-12(7-8)22-15(13(18)19-11)20-14(21-22)9-3-1-2-4-10(9)17/h1-7H,(H2,18,19). The monoisotopic (exact) mass is 313 g/mol.